The predicted octanol–water partition coefficient (Wildman–Crippen LogP) is 1.81. The van der Waals surface area contributed by atoms with Gasteiger partial charge in [0, 0.05) is 12.6 Å². The monoisotopic (exact) mass is 307 g/mol. The van der Waals surface area contributed by atoms with Crippen LogP contribution >= 0.6 is 0 Å². The van der Waals surface area contributed by atoms with Crippen molar-refractivity contribution in [2.75, 3.05) is 5.32 Å². The van der Waals surface area contributed by atoms with E-state index in [2.05, 4.69) is 25.5 Å². The first-order valence-corrected chi connectivity index (χ1v) is 7.19. The number of para-hydroxylation sites is 1. The van der Waals surface area contributed by atoms with Gasteiger partial charge in [0.2, 0.25) is 5.95 Å². The van der Waals surface area contributed by atoms with E-state index in [-0.39, 0.29) is 11.9 Å². The zero-order valence-electron chi connectivity index (χ0n) is 12.1. The lowest BCUT2D eigenvalue weighted by Gasteiger charge is -2.08. The molecule has 1 aromatic carbocycles. The van der Waals surface area contributed by atoms with Gasteiger partial charge in [0.15, 0.2) is 11.9 Å². The summed E-state index contributed by atoms with van der Waals surface area (Å²) in [5, 5.41) is 9.41. The first-order chi connectivity index (χ1) is 11.3. The van der Waals surface area contributed by atoms with Gasteiger partial charge in [-0.05, 0) is 23.8 Å². The minimum Gasteiger partial charge on any atom is -0.480 e. The number of hydrogen-bond donors (Lipinski definition) is 2. The fourth-order valence-corrected chi connectivity index (χ4v) is 2.45. The van der Waals surface area contributed by atoms with Gasteiger partial charge in [0.05, 0.1) is 0 Å². The third-order valence-corrected chi connectivity index (χ3v) is 3.57. The predicted molar refractivity (Wildman–Crippen MR) is 82.8 cm³/mol. The fourth-order valence-electron chi connectivity index (χ4n) is 2.45. The maximum Gasteiger partial charge on any atom is 0.268 e. The number of nitrogens with one attached hydrogen (secondary N) is 2. The minimum absolute atomic E-state index is 0.204. The van der Waals surface area contributed by atoms with E-state index >= 15 is 0 Å². The highest BCUT2D eigenvalue weighted by molar-refractivity contribution is 5.93. The molecule has 0 saturated heterocycles. The molecule has 4 rings (SSSR count). The van der Waals surface area contributed by atoms with Crippen LogP contribution in [0.15, 0.2) is 48.7 Å². The largest absolute Gasteiger partial charge is 0.480 e. The number of H-pyrrole nitrogens is 1. The molecule has 0 fully saturated rings. The summed E-state index contributed by atoms with van der Waals surface area (Å²) in [4.78, 5) is 20.7. The molecule has 2 aromatic heterocycles. The Bertz CT molecular complexity index is 821. The minimum atomic E-state index is -0.566. The Morgan fingerprint density at radius 2 is 2.09 bits per heavy atom. The number of hydrogen-bond acceptors (Lipinski definition) is 5. The smallest absolute Gasteiger partial charge is 0.268 e. The number of benzene rings is 1. The molecular formula is C16H13N5O2. The van der Waals surface area contributed by atoms with Gasteiger partial charge in [-0.2, -0.15) is 4.98 Å². The number of rotatable bonds is 3. The molecule has 1 atom stereocenters. The van der Waals surface area contributed by atoms with Crippen molar-refractivity contribution in [2.45, 2.75) is 12.5 Å². The molecule has 3 heterocycles. The number of amides is 1. The highest BCUT2D eigenvalue weighted by Crippen LogP contribution is 2.28. The van der Waals surface area contributed by atoms with Gasteiger partial charge in [-0.25, -0.2) is 0 Å². The number of carbonyl (C=O) groups excluding carboxylic acids is 1. The standard InChI is InChI=1S/C16H13N5O2/c22-15(13-9-10-5-1-2-7-12(10)23-13)19-16-18-14(20-21-16)11-6-3-4-8-17-11/h1-8,13H,9H2,(H2,18,19,20,21,22). The molecule has 114 valence electrons. The van der Waals surface area contributed by atoms with E-state index in [0.717, 1.165) is 11.3 Å². The number of fused-ring (bicyclic) bond motifs is 1. The summed E-state index contributed by atoms with van der Waals surface area (Å²) in [5.41, 5.74) is 1.68. The molecule has 1 aliphatic rings. The molecule has 0 spiro atoms. The molecule has 1 amide bonds. The van der Waals surface area contributed by atoms with E-state index < -0.39 is 6.10 Å². The van der Waals surface area contributed by atoms with E-state index in [1.54, 1.807) is 6.20 Å². The third-order valence-electron chi connectivity index (χ3n) is 3.57. The summed E-state index contributed by atoms with van der Waals surface area (Å²) in [6.07, 6.45) is 1.64. The van der Waals surface area contributed by atoms with Gasteiger partial charge in [-0.15, -0.1) is 5.10 Å². The maximum atomic E-state index is 12.3. The number of anilines is 1. The first-order valence-electron chi connectivity index (χ1n) is 7.19. The molecule has 2 N–H and O–H groups in total. The SMILES string of the molecule is O=C(Nc1n[nH]c(-c2ccccn2)n1)C1Cc2ccccc2O1. The van der Waals surface area contributed by atoms with E-state index in [4.69, 9.17) is 4.74 Å². The van der Waals surface area contributed by atoms with E-state index in [9.17, 15) is 4.79 Å². The van der Waals surface area contributed by atoms with Gasteiger partial charge in [0.25, 0.3) is 5.91 Å². The van der Waals surface area contributed by atoms with Crippen molar-refractivity contribution in [2.24, 2.45) is 0 Å². The molecule has 7 heteroatoms. The van der Waals surface area contributed by atoms with Gasteiger partial charge < -0.3 is 4.74 Å². The van der Waals surface area contributed by atoms with Crippen molar-refractivity contribution in [1.82, 2.24) is 20.2 Å². The molecule has 23 heavy (non-hydrogen) atoms. The second-order valence-electron chi connectivity index (χ2n) is 5.13. The van der Waals surface area contributed by atoms with Crippen molar-refractivity contribution in [3.8, 4) is 17.3 Å². The molecule has 1 aliphatic heterocycles. The first kappa shape index (κ1) is 13.4. The Morgan fingerprint density at radius 3 is 2.91 bits per heavy atom. The van der Waals surface area contributed by atoms with Crippen LogP contribution in [-0.4, -0.2) is 32.2 Å². The van der Waals surface area contributed by atoms with Crippen LogP contribution in [0.3, 0.4) is 0 Å². The molecule has 0 radical (unpaired) electrons. The summed E-state index contributed by atoms with van der Waals surface area (Å²) in [6, 6.07) is 13.1. The lowest BCUT2D eigenvalue weighted by atomic mass is 10.1. The zero-order chi connectivity index (χ0) is 15.6. The van der Waals surface area contributed by atoms with E-state index in [0.29, 0.717) is 17.9 Å². The van der Waals surface area contributed by atoms with Crippen molar-refractivity contribution in [3.63, 3.8) is 0 Å². The molecule has 0 saturated carbocycles. The third kappa shape index (κ3) is 2.64. The summed E-state index contributed by atoms with van der Waals surface area (Å²) >= 11 is 0. The summed E-state index contributed by atoms with van der Waals surface area (Å²) in [5.74, 6) is 1.18. The van der Waals surface area contributed by atoms with Gasteiger partial charge in [0.1, 0.15) is 11.4 Å². The fraction of sp³-hybridized carbons (Fsp3) is 0.125. The van der Waals surface area contributed by atoms with Crippen LogP contribution in [0.4, 0.5) is 5.95 Å². The zero-order valence-corrected chi connectivity index (χ0v) is 12.1. The van der Waals surface area contributed by atoms with Crippen LogP contribution in [0, 0.1) is 0 Å². The van der Waals surface area contributed by atoms with Crippen molar-refractivity contribution in [3.05, 3.63) is 54.2 Å². The molecule has 1 unspecified atom stereocenters. The highest BCUT2D eigenvalue weighted by atomic mass is 16.5. The highest BCUT2D eigenvalue weighted by Gasteiger charge is 2.29. The Hall–Kier alpha value is -3.22. The van der Waals surface area contributed by atoms with Crippen LogP contribution in [-0.2, 0) is 11.2 Å². The average Bonchev–Trinajstić information content (AvgIpc) is 3.22. The number of aromatic amines is 1. The van der Waals surface area contributed by atoms with Crippen molar-refractivity contribution in [1.29, 1.82) is 0 Å². The summed E-state index contributed by atoms with van der Waals surface area (Å²) in [7, 11) is 0. The van der Waals surface area contributed by atoms with Crippen LogP contribution in [0.5, 0.6) is 5.75 Å². The Morgan fingerprint density at radius 1 is 1.22 bits per heavy atom. The quantitative estimate of drug-likeness (QED) is 0.770. The van der Waals surface area contributed by atoms with E-state index in [1.165, 1.54) is 0 Å². The number of nitrogens with zero attached hydrogens (tertiary/aromatic N) is 3. The molecule has 0 bridgehead atoms. The lowest BCUT2D eigenvalue weighted by molar-refractivity contribution is -0.122. The second kappa shape index (κ2) is 5.53. The van der Waals surface area contributed by atoms with Crippen LogP contribution in [0.1, 0.15) is 5.56 Å². The van der Waals surface area contributed by atoms with Crippen LogP contribution < -0.4 is 10.1 Å². The molecule has 3 aromatic rings. The Labute approximate surface area is 131 Å². The molecule has 0 aliphatic carbocycles. The molecular weight excluding hydrogens is 294 g/mol. The van der Waals surface area contributed by atoms with Crippen molar-refractivity contribution < 1.29 is 9.53 Å². The van der Waals surface area contributed by atoms with Gasteiger partial charge >= 0.3 is 0 Å². The normalized spacial score (nSPS) is 15.7. The summed E-state index contributed by atoms with van der Waals surface area (Å²) < 4.78 is 5.64. The Kier molecular flexibility index (Phi) is 3.23. The maximum absolute atomic E-state index is 12.3. The summed E-state index contributed by atoms with van der Waals surface area (Å²) in [6.45, 7) is 0. The lowest BCUT2D eigenvalue weighted by Crippen LogP contribution is -2.31. The van der Waals surface area contributed by atoms with Crippen LogP contribution in [0.25, 0.3) is 11.5 Å². The average molecular weight is 307 g/mol. The number of carbonyl (C=O) groups is 1. The van der Waals surface area contributed by atoms with Gasteiger partial charge in [-0.1, -0.05) is 24.3 Å². The van der Waals surface area contributed by atoms with Gasteiger partial charge in [-0.3, -0.25) is 20.2 Å². The number of ether oxygens (including phenoxy) is 1. The van der Waals surface area contributed by atoms with Crippen LogP contribution in [0.2, 0.25) is 0 Å². The topological polar surface area (TPSA) is 92.8 Å². The molecule has 7 nitrogen and oxygen atoms in total. The van der Waals surface area contributed by atoms with Crippen molar-refractivity contribution >= 4 is 11.9 Å². The number of aromatic nitrogens is 4. The number of pyridine rings is 1. The second-order valence-corrected chi connectivity index (χ2v) is 5.13. The Balaban J connectivity index is 1.45. The van der Waals surface area contributed by atoms with E-state index in [1.807, 2.05) is 42.5 Å².